The minimum Gasteiger partial charge on any atom is -0.300 e. The Balaban J connectivity index is 1.50. The molecule has 3 aliphatic rings. The van der Waals surface area contributed by atoms with Crippen molar-refractivity contribution in [3.63, 3.8) is 0 Å². The van der Waals surface area contributed by atoms with Crippen LogP contribution in [0, 0.1) is 23.2 Å². The predicted octanol–water partition coefficient (Wildman–Crippen LogP) is 3.47. The number of likely N-dealkylation sites (tertiary alicyclic amines) is 2. The van der Waals surface area contributed by atoms with Gasteiger partial charge in [-0.2, -0.15) is 0 Å². The van der Waals surface area contributed by atoms with Crippen LogP contribution in [0.1, 0.15) is 54.4 Å². The Morgan fingerprint density at radius 2 is 1.25 bits per heavy atom. The lowest BCUT2D eigenvalue weighted by molar-refractivity contribution is -0.00906. The summed E-state index contributed by atoms with van der Waals surface area (Å²) in [5.74, 6) is 2.88. The highest BCUT2D eigenvalue weighted by Gasteiger charge is 2.48. The molecule has 0 aromatic carbocycles. The first kappa shape index (κ1) is 14.8. The molecule has 3 fully saturated rings. The van der Waals surface area contributed by atoms with Crippen LogP contribution < -0.4 is 0 Å². The molecule has 2 saturated heterocycles. The molecule has 0 aromatic rings. The largest absolute Gasteiger partial charge is 0.300 e. The van der Waals surface area contributed by atoms with Gasteiger partial charge in [0.2, 0.25) is 0 Å². The van der Waals surface area contributed by atoms with Crippen LogP contribution in [-0.4, -0.2) is 47.6 Å². The van der Waals surface area contributed by atoms with Crippen LogP contribution in [0.5, 0.6) is 0 Å². The fourth-order valence-electron chi connectivity index (χ4n) is 4.47. The van der Waals surface area contributed by atoms with E-state index in [0.29, 0.717) is 11.0 Å². The molecule has 0 spiro atoms. The molecule has 2 aliphatic heterocycles. The van der Waals surface area contributed by atoms with Gasteiger partial charge in [0.15, 0.2) is 0 Å². The smallest absolute Gasteiger partial charge is 0.0125 e. The van der Waals surface area contributed by atoms with Gasteiger partial charge in [-0.3, -0.25) is 9.80 Å². The minimum absolute atomic E-state index is 0.369. The molecule has 3 rings (SSSR count). The second-order valence-electron chi connectivity index (χ2n) is 9.74. The molecule has 0 amide bonds. The fraction of sp³-hybridized carbons (Fsp3) is 1.00. The highest BCUT2D eigenvalue weighted by atomic mass is 15.3. The molecule has 2 nitrogen and oxygen atoms in total. The average Bonchev–Trinajstić information content (AvgIpc) is 2.67. The fourth-order valence-corrected chi connectivity index (χ4v) is 4.47. The molecule has 0 radical (unpaired) electrons. The van der Waals surface area contributed by atoms with Crippen molar-refractivity contribution in [2.24, 2.45) is 23.2 Å². The Bertz CT molecular complexity index is 343. The van der Waals surface area contributed by atoms with E-state index in [-0.39, 0.29) is 0 Å². The third-order valence-corrected chi connectivity index (χ3v) is 6.33. The van der Waals surface area contributed by atoms with Crippen LogP contribution in [0.2, 0.25) is 0 Å². The molecule has 116 valence electrons. The predicted molar refractivity (Wildman–Crippen MR) is 85.8 cm³/mol. The maximum absolute atomic E-state index is 2.79. The summed E-state index contributed by atoms with van der Waals surface area (Å²) < 4.78 is 0. The second-order valence-corrected chi connectivity index (χ2v) is 9.74. The van der Waals surface area contributed by atoms with E-state index in [9.17, 15) is 0 Å². The molecule has 1 saturated carbocycles. The zero-order valence-corrected chi connectivity index (χ0v) is 14.4. The van der Waals surface area contributed by atoms with Crippen LogP contribution in [0.25, 0.3) is 0 Å². The summed E-state index contributed by atoms with van der Waals surface area (Å²) >= 11 is 0. The first-order chi connectivity index (χ1) is 9.14. The summed E-state index contributed by atoms with van der Waals surface area (Å²) in [4.78, 5) is 5.50. The Morgan fingerprint density at radius 1 is 0.750 bits per heavy atom. The average molecular weight is 278 g/mol. The summed E-state index contributed by atoms with van der Waals surface area (Å²) in [6.45, 7) is 19.7. The van der Waals surface area contributed by atoms with Gasteiger partial charge in [0.1, 0.15) is 0 Å². The zero-order chi connectivity index (χ0) is 14.7. The van der Waals surface area contributed by atoms with E-state index in [0.717, 1.165) is 23.8 Å². The highest BCUT2D eigenvalue weighted by molar-refractivity contribution is 5.01. The van der Waals surface area contributed by atoms with E-state index < -0.39 is 0 Å². The van der Waals surface area contributed by atoms with Crippen molar-refractivity contribution in [2.45, 2.75) is 66.0 Å². The van der Waals surface area contributed by atoms with Crippen molar-refractivity contribution in [3.8, 4) is 0 Å². The first-order valence-corrected chi connectivity index (χ1v) is 8.63. The standard InChI is InChI=1S/C18H34N2/c1-17(2,3)15-11-19(12-15)16-7-13-9-20(18(4,5)6)10-14(13)8-16/h13-16H,7-12H2,1-6H3. The third-order valence-electron chi connectivity index (χ3n) is 6.33. The molecule has 2 atom stereocenters. The highest BCUT2D eigenvalue weighted by Crippen LogP contribution is 2.45. The van der Waals surface area contributed by atoms with Gasteiger partial charge in [-0.15, -0.1) is 0 Å². The van der Waals surface area contributed by atoms with E-state index in [2.05, 4.69) is 51.3 Å². The number of nitrogens with zero attached hydrogens (tertiary/aromatic N) is 2. The van der Waals surface area contributed by atoms with Crippen molar-refractivity contribution in [3.05, 3.63) is 0 Å². The Hall–Kier alpha value is -0.0800. The maximum atomic E-state index is 2.79. The molecule has 0 aromatic heterocycles. The van der Waals surface area contributed by atoms with E-state index in [1.54, 1.807) is 0 Å². The lowest BCUT2D eigenvalue weighted by Crippen LogP contribution is -2.55. The second kappa shape index (κ2) is 4.71. The van der Waals surface area contributed by atoms with Crippen molar-refractivity contribution in [1.29, 1.82) is 0 Å². The summed E-state index contributed by atoms with van der Waals surface area (Å²) in [5.41, 5.74) is 0.877. The van der Waals surface area contributed by atoms with Crippen molar-refractivity contribution < 1.29 is 0 Å². The van der Waals surface area contributed by atoms with Crippen molar-refractivity contribution in [1.82, 2.24) is 9.80 Å². The molecular weight excluding hydrogens is 244 g/mol. The van der Waals surface area contributed by atoms with Crippen LogP contribution >= 0.6 is 0 Å². The minimum atomic E-state index is 0.369. The van der Waals surface area contributed by atoms with Crippen molar-refractivity contribution in [2.75, 3.05) is 26.2 Å². The Morgan fingerprint density at radius 3 is 1.65 bits per heavy atom. The van der Waals surface area contributed by atoms with Gasteiger partial charge >= 0.3 is 0 Å². The molecular formula is C18H34N2. The number of rotatable bonds is 1. The van der Waals surface area contributed by atoms with Gasteiger partial charge in [-0.1, -0.05) is 20.8 Å². The van der Waals surface area contributed by atoms with Crippen LogP contribution in [0.3, 0.4) is 0 Å². The van der Waals surface area contributed by atoms with Gasteiger partial charge in [-0.05, 0) is 56.8 Å². The Labute approximate surface area is 125 Å². The quantitative estimate of drug-likeness (QED) is 0.724. The number of fused-ring (bicyclic) bond motifs is 1. The SMILES string of the molecule is CC(C)(C)C1CN(C2CC3CN(C(C)(C)C)CC3C2)C1. The zero-order valence-electron chi connectivity index (χ0n) is 14.4. The summed E-state index contributed by atoms with van der Waals surface area (Å²) in [5, 5.41) is 0. The van der Waals surface area contributed by atoms with E-state index in [4.69, 9.17) is 0 Å². The summed E-state index contributed by atoms with van der Waals surface area (Å²) in [7, 11) is 0. The number of hydrogen-bond acceptors (Lipinski definition) is 2. The third kappa shape index (κ3) is 2.66. The van der Waals surface area contributed by atoms with Crippen molar-refractivity contribution >= 4 is 0 Å². The first-order valence-electron chi connectivity index (χ1n) is 8.63. The van der Waals surface area contributed by atoms with Gasteiger partial charge < -0.3 is 0 Å². The number of hydrogen-bond donors (Lipinski definition) is 0. The maximum Gasteiger partial charge on any atom is 0.0125 e. The van der Waals surface area contributed by atoms with Crippen LogP contribution in [0.15, 0.2) is 0 Å². The van der Waals surface area contributed by atoms with Crippen LogP contribution in [-0.2, 0) is 0 Å². The molecule has 0 bridgehead atoms. The lowest BCUT2D eigenvalue weighted by atomic mass is 9.75. The molecule has 0 N–H and O–H groups in total. The van der Waals surface area contributed by atoms with E-state index in [1.165, 1.54) is 39.0 Å². The van der Waals surface area contributed by atoms with E-state index in [1.807, 2.05) is 0 Å². The van der Waals surface area contributed by atoms with Gasteiger partial charge in [0.25, 0.3) is 0 Å². The summed E-state index contributed by atoms with van der Waals surface area (Å²) in [6.07, 6.45) is 2.93. The normalized spacial score (nSPS) is 37.2. The van der Waals surface area contributed by atoms with Crippen LogP contribution in [0.4, 0.5) is 0 Å². The molecule has 2 heteroatoms. The molecule has 2 unspecified atom stereocenters. The monoisotopic (exact) mass is 278 g/mol. The van der Waals surface area contributed by atoms with Gasteiger partial charge in [0.05, 0.1) is 0 Å². The summed E-state index contributed by atoms with van der Waals surface area (Å²) in [6, 6.07) is 0.908. The topological polar surface area (TPSA) is 6.48 Å². The lowest BCUT2D eigenvalue weighted by Gasteiger charge is -2.49. The van der Waals surface area contributed by atoms with Gasteiger partial charge in [0, 0.05) is 37.8 Å². The molecule has 2 heterocycles. The Kier molecular flexibility index (Phi) is 3.49. The van der Waals surface area contributed by atoms with E-state index >= 15 is 0 Å². The molecule has 20 heavy (non-hydrogen) atoms. The van der Waals surface area contributed by atoms with Gasteiger partial charge in [-0.25, -0.2) is 0 Å². The molecule has 1 aliphatic carbocycles.